The van der Waals surface area contributed by atoms with Gasteiger partial charge in [0.25, 0.3) is 0 Å². The van der Waals surface area contributed by atoms with Gasteiger partial charge in [-0.05, 0) is 56.3 Å². The maximum atomic E-state index is 5.87. The third-order valence-electron chi connectivity index (χ3n) is 4.35. The minimum atomic E-state index is 0.386. The van der Waals surface area contributed by atoms with Crippen molar-refractivity contribution in [3.8, 4) is 5.75 Å². The van der Waals surface area contributed by atoms with E-state index in [0.29, 0.717) is 5.41 Å². The minimum absolute atomic E-state index is 0.386. The van der Waals surface area contributed by atoms with Gasteiger partial charge < -0.3 is 15.8 Å². The lowest BCUT2D eigenvalue weighted by atomic mass is 9.69. The van der Waals surface area contributed by atoms with Crippen molar-refractivity contribution in [1.82, 2.24) is 5.32 Å². The van der Waals surface area contributed by atoms with Crippen molar-refractivity contribution in [1.29, 1.82) is 0 Å². The van der Waals surface area contributed by atoms with Crippen LogP contribution in [0.3, 0.4) is 0 Å². The predicted molar refractivity (Wildman–Crippen MR) is 79.6 cm³/mol. The molecule has 1 aromatic rings. The van der Waals surface area contributed by atoms with E-state index in [1.54, 1.807) is 7.11 Å². The van der Waals surface area contributed by atoms with E-state index in [1.165, 1.54) is 30.4 Å². The summed E-state index contributed by atoms with van der Waals surface area (Å²) in [5.41, 5.74) is 8.82. The van der Waals surface area contributed by atoms with Crippen molar-refractivity contribution in [3.63, 3.8) is 0 Å². The molecule has 1 saturated carbocycles. The number of methoxy groups -OCH3 is 1. The van der Waals surface area contributed by atoms with Gasteiger partial charge >= 0.3 is 0 Å². The minimum Gasteiger partial charge on any atom is -0.496 e. The molecule has 1 aromatic carbocycles. The highest BCUT2D eigenvalue weighted by Crippen LogP contribution is 2.39. The average Bonchev–Trinajstić information content (AvgIpc) is 2.37. The van der Waals surface area contributed by atoms with Crippen LogP contribution >= 0.6 is 0 Å². The van der Waals surface area contributed by atoms with Crippen LogP contribution in [0.1, 0.15) is 30.4 Å². The number of rotatable bonds is 7. The van der Waals surface area contributed by atoms with Crippen LogP contribution in [0.5, 0.6) is 5.75 Å². The molecule has 19 heavy (non-hydrogen) atoms. The summed E-state index contributed by atoms with van der Waals surface area (Å²) in [6.07, 6.45) is 4.91. The van der Waals surface area contributed by atoms with E-state index in [0.717, 1.165) is 31.8 Å². The molecule has 0 saturated heterocycles. The third kappa shape index (κ3) is 3.48. The van der Waals surface area contributed by atoms with Gasteiger partial charge in [0.05, 0.1) is 7.11 Å². The summed E-state index contributed by atoms with van der Waals surface area (Å²) in [5, 5.41) is 3.56. The quantitative estimate of drug-likeness (QED) is 0.741. The Morgan fingerprint density at radius 1 is 1.37 bits per heavy atom. The topological polar surface area (TPSA) is 47.3 Å². The normalized spacial score (nSPS) is 17.0. The van der Waals surface area contributed by atoms with Crippen LogP contribution in [0.15, 0.2) is 18.2 Å². The average molecular weight is 262 g/mol. The molecular formula is C16H26N2O. The molecule has 1 aliphatic rings. The highest BCUT2D eigenvalue weighted by Gasteiger charge is 2.34. The van der Waals surface area contributed by atoms with Crippen molar-refractivity contribution >= 4 is 0 Å². The maximum Gasteiger partial charge on any atom is 0.122 e. The second-order valence-corrected chi connectivity index (χ2v) is 5.80. The Hall–Kier alpha value is -1.06. The molecule has 0 aromatic heterocycles. The van der Waals surface area contributed by atoms with E-state index < -0.39 is 0 Å². The van der Waals surface area contributed by atoms with Crippen molar-refractivity contribution in [2.45, 2.75) is 32.6 Å². The second-order valence-electron chi connectivity index (χ2n) is 5.80. The summed E-state index contributed by atoms with van der Waals surface area (Å²) in [6.45, 7) is 4.97. The first kappa shape index (κ1) is 14.4. The van der Waals surface area contributed by atoms with Gasteiger partial charge in [0.15, 0.2) is 0 Å². The zero-order valence-corrected chi connectivity index (χ0v) is 12.2. The first-order valence-electron chi connectivity index (χ1n) is 7.23. The van der Waals surface area contributed by atoms with E-state index in [2.05, 4.69) is 30.4 Å². The van der Waals surface area contributed by atoms with Crippen LogP contribution in [0, 0.1) is 12.3 Å². The Labute approximate surface area is 116 Å². The molecule has 0 spiro atoms. The molecule has 3 nitrogen and oxygen atoms in total. The number of benzene rings is 1. The Balaban J connectivity index is 1.80. The molecule has 3 N–H and O–H groups in total. The molecule has 2 rings (SSSR count). The van der Waals surface area contributed by atoms with Crippen LogP contribution < -0.4 is 15.8 Å². The van der Waals surface area contributed by atoms with Gasteiger partial charge in [-0.2, -0.15) is 0 Å². The first-order chi connectivity index (χ1) is 9.19. The highest BCUT2D eigenvalue weighted by molar-refractivity contribution is 5.37. The molecule has 0 heterocycles. The van der Waals surface area contributed by atoms with Gasteiger partial charge in [0.2, 0.25) is 0 Å². The Morgan fingerprint density at radius 2 is 2.16 bits per heavy atom. The fraction of sp³-hybridized carbons (Fsp3) is 0.625. The van der Waals surface area contributed by atoms with Crippen molar-refractivity contribution in [2.24, 2.45) is 11.1 Å². The van der Waals surface area contributed by atoms with Crippen molar-refractivity contribution in [2.75, 3.05) is 26.7 Å². The van der Waals surface area contributed by atoms with Crippen LogP contribution in [0.2, 0.25) is 0 Å². The largest absolute Gasteiger partial charge is 0.496 e. The molecule has 106 valence electrons. The summed E-state index contributed by atoms with van der Waals surface area (Å²) in [5.74, 6) is 0.990. The smallest absolute Gasteiger partial charge is 0.122 e. The summed E-state index contributed by atoms with van der Waals surface area (Å²) < 4.78 is 5.40. The lowest BCUT2D eigenvalue weighted by Crippen LogP contribution is -2.45. The molecule has 0 unspecified atom stereocenters. The SMILES string of the molecule is COc1ccc(C)cc1CCNCC1(CN)CCC1. The van der Waals surface area contributed by atoms with E-state index in [4.69, 9.17) is 10.5 Å². The lowest BCUT2D eigenvalue weighted by Gasteiger charge is -2.41. The molecule has 0 bridgehead atoms. The lowest BCUT2D eigenvalue weighted by molar-refractivity contribution is 0.141. The number of nitrogens with one attached hydrogen (secondary N) is 1. The van der Waals surface area contributed by atoms with Gasteiger partial charge in [0.1, 0.15) is 5.75 Å². The predicted octanol–water partition coefficient (Wildman–Crippen LogP) is 2.26. The van der Waals surface area contributed by atoms with Gasteiger partial charge in [-0.25, -0.2) is 0 Å². The summed E-state index contributed by atoms with van der Waals surface area (Å²) >= 11 is 0. The first-order valence-corrected chi connectivity index (χ1v) is 7.23. The Kier molecular flexibility index (Phi) is 4.83. The molecule has 0 aliphatic heterocycles. The second kappa shape index (κ2) is 6.40. The molecule has 0 radical (unpaired) electrons. The zero-order chi connectivity index (χ0) is 13.7. The van der Waals surface area contributed by atoms with E-state index in [1.807, 2.05) is 0 Å². The summed E-state index contributed by atoms with van der Waals surface area (Å²) in [7, 11) is 1.74. The number of nitrogens with two attached hydrogens (primary N) is 1. The fourth-order valence-electron chi connectivity index (χ4n) is 2.81. The molecule has 0 amide bonds. The van der Waals surface area contributed by atoms with E-state index >= 15 is 0 Å². The van der Waals surface area contributed by atoms with Gasteiger partial charge in [-0.15, -0.1) is 0 Å². The number of ether oxygens (including phenoxy) is 1. The monoisotopic (exact) mass is 262 g/mol. The Bertz CT molecular complexity index is 408. The maximum absolute atomic E-state index is 5.87. The van der Waals surface area contributed by atoms with Gasteiger partial charge in [0, 0.05) is 6.54 Å². The van der Waals surface area contributed by atoms with Crippen molar-refractivity contribution < 1.29 is 4.74 Å². The van der Waals surface area contributed by atoms with E-state index in [9.17, 15) is 0 Å². The standard InChI is InChI=1S/C16H26N2O/c1-13-4-5-15(19-2)14(10-13)6-9-18-12-16(11-17)7-3-8-16/h4-5,10,18H,3,6-9,11-12,17H2,1-2H3. The molecule has 1 fully saturated rings. The molecule has 3 heteroatoms. The summed E-state index contributed by atoms with van der Waals surface area (Å²) in [6, 6.07) is 6.36. The Morgan fingerprint density at radius 3 is 2.74 bits per heavy atom. The van der Waals surface area contributed by atoms with E-state index in [-0.39, 0.29) is 0 Å². The molecular weight excluding hydrogens is 236 g/mol. The number of hydrogen-bond donors (Lipinski definition) is 2. The summed E-state index contributed by atoms with van der Waals surface area (Å²) in [4.78, 5) is 0. The molecule has 1 aliphatic carbocycles. The molecule has 0 atom stereocenters. The zero-order valence-electron chi connectivity index (χ0n) is 12.2. The number of aryl methyl sites for hydroxylation is 1. The van der Waals surface area contributed by atoms with Crippen LogP contribution in [0.25, 0.3) is 0 Å². The van der Waals surface area contributed by atoms with Crippen LogP contribution in [-0.4, -0.2) is 26.7 Å². The van der Waals surface area contributed by atoms with Crippen LogP contribution in [0.4, 0.5) is 0 Å². The van der Waals surface area contributed by atoms with Crippen LogP contribution in [-0.2, 0) is 6.42 Å². The van der Waals surface area contributed by atoms with Gasteiger partial charge in [-0.3, -0.25) is 0 Å². The van der Waals surface area contributed by atoms with Gasteiger partial charge in [-0.1, -0.05) is 24.1 Å². The number of hydrogen-bond acceptors (Lipinski definition) is 3. The highest BCUT2D eigenvalue weighted by atomic mass is 16.5. The van der Waals surface area contributed by atoms with Crippen molar-refractivity contribution in [3.05, 3.63) is 29.3 Å². The third-order valence-corrected chi connectivity index (χ3v) is 4.35. The fourth-order valence-corrected chi connectivity index (χ4v) is 2.81.